The highest BCUT2D eigenvalue weighted by Crippen LogP contribution is 2.67. The highest BCUT2D eigenvalue weighted by Gasteiger charge is 2.64. The topological polar surface area (TPSA) is 63.6 Å². The molecule has 0 heterocycles. The molecule has 0 radical (unpaired) electrons. The van der Waals surface area contributed by atoms with Gasteiger partial charge in [-0.2, -0.15) is 0 Å². The molecule has 218 valence electrons. The zero-order valence-electron chi connectivity index (χ0n) is 25.1. The molecule has 3 fully saturated rings. The summed E-state index contributed by atoms with van der Waals surface area (Å²) in [4.78, 5) is 25.3. The molecule has 1 unspecified atom stereocenters. The Balaban J connectivity index is 1.37. The van der Waals surface area contributed by atoms with Gasteiger partial charge in [-0.15, -0.1) is 5.92 Å². The van der Waals surface area contributed by atoms with E-state index in [9.17, 15) is 14.7 Å². The van der Waals surface area contributed by atoms with E-state index in [-0.39, 0.29) is 22.6 Å². The second kappa shape index (κ2) is 13.4. The fourth-order valence-corrected chi connectivity index (χ4v) is 8.95. The number of ether oxygens (including phenoxy) is 1. The largest absolute Gasteiger partial charge is 0.465 e. The van der Waals surface area contributed by atoms with Crippen LogP contribution < -0.4 is 0 Å². The molecule has 0 spiro atoms. The van der Waals surface area contributed by atoms with E-state index in [1.54, 1.807) is 0 Å². The van der Waals surface area contributed by atoms with E-state index >= 15 is 0 Å². The molecule has 0 aliphatic heterocycles. The number of hydrogen-bond donors (Lipinski definition) is 1. The Hall–Kier alpha value is -1.60. The molecule has 39 heavy (non-hydrogen) atoms. The molecule has 4 aliphatic carbocycles. The molecule has 0 amide bonds. The summed E-state index contributed by atoms with van der Waals surface area (Å²) >= 11 is 0. The van der Waals surface area contributed by atoms with Crippen LogP contribution in [0, 0.1) is 40.4 Å². The standard InChI is InChI=1S/C35H54O4/c1-4-6-8-9-10-11-12-13-14-15-32(37)39-26-34-23-18-28(36)25-27(34)16-17-29-30-20-24-35(38,21-7-5-2)33(30,3)22-19-31(29)34/h25,29-31,38H,4-6,8-20,22-24,26H2,1-3H3/t29-,30-,31+,33-,34+,35?/m0/s1. The SMILES string of the molecule is CCC#CC1(O)CC[C@H]2[C@@H]3CCC4=CC(=O)CC[C@]4(COC(=O)CCCCCCCCCCC)[C@@H]3CC[C@@]21C. The van der Waals surface area contributed by atoms with E-state index in [4.69, 9.17) is 4.74 Å². The van der Waals surface area contributed by atoms with Crippen molar-refractivity contribution in [3.05, 3.63) is 11.6 Å². The summed E-state index contributed by atoms with van der Waals surface area (Å²) in [6.45, 7) is 6.99. The summed E-state index contributed by atoms with van der Waals surface area (Å²) in [5, 5.41) is 11.7. The monoisotopic (exact) mass is 538 g/mol. The molecule has 3 saturated carbocycles. The van der Waals surface area contributed by atoms with E-state index < -0.39 is 5.60 Å². The Morgan fingerprint density at radius 2 is 1.64 bits per heavy atom. The van der Waals surface area contributed by atoms with Crippen molar-refractivity contribution in [2.45, 2.75) is 148 Å². The Bertz CT molecular complexity index is 955. The van der Waals surface area contributed by atoms with Crippen LogP contribution in [0.3, 0.4) is 0 Å². The first-order valence-corrected chi connectivity index (χ1v) is 16.4. The highest BCUT2D eigenvalue weighted by atomic mass is 16.5. The van der Waals surface area contributed by atoms with Crippen molar-refractivity contribution < 1.29 is 19.4 Å². The number of aliphatic hydroxyl groups is 1. The average Bonchev–Trinajstić information content (AvgIpc) is 3.20. The Labute approximate surface area is 238 Å². The van der Waals surface area contributed by atoms with E-state index in [2.05, 4.69) is 25.7 Å². The smallest absolute Gasteiger partial charge is 0.305 e. The van der Waals surface area contributed by atoms with Gasteiger partial charge in [-0.1, -0.05) is 83.6 Å². The third kappa shape index (κ3) is 6.34. The van der Waals surface area contributed by atoms with Gasteiger partial charge in [0.2, 0.25) is 0 Å². The number of esters is 1. The molecule has 4 heteroatoms. The van der Waals surface area contributed by atoms with Crippen molar-refractivity contribution in [3.8, 4) is 11.8 Å². The molecule has 4 nitrogen and oxygen atoms in total. The van der Waals surface area contributed by atoms with E-state index in [1.807, 2.05) is 13.0 Å². The maximum Gasteiger partial charge on any atom is 0.305 e. The van der Waals surface area contributed by atoms with Crippen molar-refractivity contribution >= 4 is 11.8 Å². The summed E-state index contributed by atoms with van der Waals surface area (Å²) in [6.07, 6.45) is 21.3. The maximum absolute atomic E-state index is 12.9. The Morgan fingerprint density at radius 3 is 2.36 bits per heavy atom. The van der Waals surface area contributed by atoms with Gasteiger partial charge in [0.15, 0.2) is 5.78 Å². The van der Waals surface area contributed by atoms with E-state index in [1.165, 1.54) is 50.5 Å². The second-order valence-electron chi connectivity index (χ2n) is 13.5. The van der Waals surface area contributed by atoms with Crippen LogP contribution in [0.25, 0.3) is 0 Å². The lowest BCUT2D eigenvalue weighted by Crippen LogP contribution is -2.56. The highest BCUT2D eigenvalue weighted by molar-refractivity contribution is 5.91. The van der Waals surface area contributed by atoms with Gasteiger partial charge < -0.3 is 9.84 Å². The number of carbonyl (C=O) groups is 2. The third-order valence-corrected chi connectivity index (χ3v) is 11.3. The van der Waals surface area contributed by atoms with Crippen LogP contribution in [-0.4, -0.2) is 29.1 Å². The van der Waals surface area contributed by atoms with Crippen LogP contribution >= 0.6 is 0 Å². The zero-order chi connectivity index (χ0) is 27.9. The first-order chi connectivity index (χ1) is 18.8. The predicted molar refractivity (Wildman–Crippen MR) is 157 cm³/mol. The lowest BCUT2D eigenvalue weighted by atomic mass is 9.46. The molecule has 0 saturated heterocycles. The average molecular weight is 539 g/mol. The van der Waals surface area contributed by atoms with Gasteiger partial charge in [-0.25, -0.2) is 0 Å². The number of unbranched alkanes of at least 4 members (excludes halogenated alkanes) is 8. The fourth-order valence-electron chi connectivity index (χ4n) is 8.95. The minimum absolute atomic E-state index is 0.0728. The first-order valence-electron chi connectivity index (χ1n) is 16.4. The molecule has 1 N–H and O–H groups in total. The summed E-state index contributed by atoms with van der Waals surface area (Å²) in [6, 6.07) is 0. The second-order valence-corrected chi connectivity index (χ2v) is 13.5. The van der Waals surface area contributed by atoms with Crippen LogP contribution in [0.15, 0.2) is 11.6 Å². The molecule has 4 aliphatic rings. The number of ketones is 1. The Morgan fingerprint density at radius 1 is 0.949 bits per heavy atom. The van der Waals surface area contributed by atoms with Gasteiger partial charge in [0, 0.05) is 30.1 Å². The Kier molecular flexibility index (Phi) is 10.4. The van der Waals surface area contributed by atoms with Crippen LogP contribution in [0.5, 0.6) is 0 Å². The molecule has 0 aromatic carbocycles. The van der Waals surface area contributed by atoms with Crippen LogP contribution in [0.4, 0.5) is 0 Å². The minimum atomic E-state index is -0.896. The van der Waals surface area contributed by atoms with Crippen LogP contribution in [0.1, 0.15) is 143 Å². The molecule has 6 atom stereocenters. The van der Waals surface area contributed by atoms with Crippen LogP contribution in [-0.2, 0) is 14.3 Å². The molecular formula is C35H54O4. The zero-order valence-corrected chi connectivity index (χ0v) is 25.1. The molecule has 4 rings (SSSR count). The maximum atomic E-state index is 12.9. The summed E-state index contributed by atoms with van der Waals surface area (Å²) < 4.78 is 6.07. The van der Waals surface area contributed by atoms with Gasteiger partial charge in [0.25, 0.3) is 0 Å². The van der Waals surface area contributed by atoms with Gasteiger partial charge in [-0.3, -0.25) is 9.59 Å². The molecular weight excluding hydrogens is 484 g/mol. The van der Waals surface area contributed by atoms with E-state index in [0.29, 0.717) is 37.2 Å². The lowest BCUT2D eigenvalue weighted by molar-refractivity contribution is -0.154. The summed E-state index contributed by atoms with van der Waals surface area (Å²) in [5.74, 6) is 7.95. The first kappa shape index (κ1) is 30.4. The quantitative estimate of drug-likeness (QED) is 0.155. The van der Waals surface area contributed by atoms with Crippen molar-refractivity contribution in [2.24, 2.45) is 28.6 Å². The van der Waals surface area contributed by atoms with Gasteiger partial charge in [0.1, 0.15) is 12.2 Å². The van der Waals surface area contributed by atoms with Gasteiger partial charge in [-0.05, 0) is 75.2 Å². The molecule has 0 aromatic heterocycles. The summed E-state index contributed by atoms with van der Waals surface area (Å²) in [7, 11) is 0. The van der Waals surface area contributed by atoms with Crippen molar-refractivity contribution in [1.82, 2.24) is 0 Å². The van der Waals surface area contributed by atoms with Gasteiger partial charge >= 0.3 is 5.97 Å². The van der Waals surface area contributed by atoms with Crippen molar-refractivity contribution in [1.29, 1.82) is 0 Å². The minimum Gasteiger partial charge on any atom is -0.465 e. The van der Waals surface area contributed by atoms with E-state index in [0.717, 1.165) is 64.2 Å². The molecule has 0 bridgehead atoms. The fraction of sp³-hybridized carbons (Fsp3) is 0.829. The van der Waals surface area contributed by atoms with Crippen LogP contribution in [0.2, 0.25) is 0 Å². The number of carbonyl (C=O) groups excluding carboxylic acids is 2. The summed E-state index contributed by atoms with van der Waals surface area (Å²) in [5.41, 5.74) is -0.0525. The normalized spacial score (nSPS) is 35.2. The third-order valence-electron chi connectivity index (χ3n) is 11.3. The number of fused-ring (bicyclic) bond motifs is 5. The number of rotatable bonds is 12. The number of hydrogen-bond acceptors (Lipinski definition) is 4. The lowest BCUT2D eigenvalue weighted by Gasteiger charge is -2.59. The predicted octanol–water partition coefficient (Wildman–Crippen LogP) is 8.11. The van der Waals surface area contributed by atoms with Gasteiger partial charge in [0.05, 0.1) is 0 Å². The van der Waals surface area contributed by atoms with Crippen molar-refractivity contribution in [3.63, 3.8) is 0 Å². The molecule has 0 aromatic rings. The van der Waals surface area contributed by atoms with Crippen molar-refractivity contribution in [2.75, 3.05) is 6.61 Å².